The number of aromatic nitrogens is 2. The second kappa shape index (κ2) is 51.7. The lowest BCUT2D eigenvalue weighted by Crippen LogP contribution is -2.50. The predicted molar refractivity (Wildman–Crippen MR) is 460 cm³/mol. The summed E-state index contributed by atoms with van der Waals surface area (Å²) in [6.45, 7) is 16.5. The number of cyclic esters (lactones) is 1. The van der Waals surface area contributed by atoms with Crippen molar-refractivity contribution in [3.8, 4) is 22.5 Å². The van der Waals surface area contributed by atoms with Crippen LogP contribution >= 0.6 is 0 Å². The molecule has 0 saturated heterocycles. The number of aryl methyl sites for hydroxylation is 1. The van der Waals surface area contributed by atoms with E-state index in [0.717, 1.165) is 22.3 Å². The summed E-state index contributed by atoms with van der Waals surface area (Å²) in [5.74, 6) is -3.78. The van der Waals surface area contributed by atoms with Crippen molar-refractivity contribution in [1.82, 2.24) is 41.0 Å². The minimum Gasteiger partial charge on any atom is -0.465 e. The third-order valence-corrected chi connectivity index (χ3v) is 22.3. The van der Waals surface area contributed by atoms with Crippen LogP contribution < -0.4 is 37.5 Å². The fourth-order valence-corrected chi connectivity index (χ4v) is 15.4. The van der Waals surface area contributed by atoms with Crippen LogP contribution in [0.5, 0.6) is 0 Å². The quantitative estimate of drug-likeness (QED) is 0.0133. The van der Waals surface area contributed by atoms with Crippen LogP contribution in [0.2, 0.25) is 0 Å². The second-order valence-electron chi connectivity index (χ2n) is 30.9. The largest absolute Gasteiger partial charge is 0.465 e. The van der Waals surface area contributed by atoms with Crippen LogP contribution in [0.25, 0.3) is 33.4 Å². The van der Waals surface area contributed by atoms with Gasteiger partial charge in [-0.1, -0.05) is 74.0 Å². The van der Waals surface area contributed by atoms with Crippen molar-refractivity contribution < 1.29 is 119 Å². The van der Waals surface area contributed by atoms with Gasteiger partial charge in [-0.2, -0.15) is 0 Å². The molecule has 0 fully saturated rings. The molecule has 5 atom stereocenters. The lowest BCUT2D eigenvalue weighted by atomic mass is 9.81. The molecule has 0 unspecified atom stereocenters. The lowest BCUT2D eigenvalue weighted by Gasteiger charge is -2.36. The highest BCUT2D eigenvalue weighted by atomic mass is 19.1. The summed E-state index contributed by atoms with van der Waals surface area (Å²) < 4.78 is 93.7. The molecule has 4 aliphatic rings. The molecule has 7 amide bonds. The number of unbranched alkanes of at least 4 members (excludes halogenated alkanes) is 3. The van der Waals surface area contributed by atoms with Gasteiger partial charge in [-0.25, -0.2) is 23.8 Å². The van der Waals surface area contributed by atoms with Crippen LogP contribution in [0.15, 0.2) is 89.7 Å². The maximum atomic E-state index is 15.7. The number of halogens is 1. The average Bonchev–Trinajstić information content (AvgIpc) is 1.53. The SMILES string of the molecule is CC[C@@]1(O)C(=O)OCc2c1cc1n(c2=O)Cc2c-1nc1cc(F)c(C)c3c1c2[C@@H](N(Cc1ccc(NC(=O)[C@H](C)NC(=O)[C@H](C)NC(=O)CCCCCNC(=O)[C@H](CCCCNC(=O)CCOCCOCCOCCOCCOCCOCCOCCOCCOCCOCCOCCOC)NC(=O)OCC2c4ccccc4-c4ccccc42)cc1)C(=O)O)CC3. The van der Waals surface area contributed by atoms with E-state index in [-0.39, 0.29) is 100 Å². The third-order valence-electron chi connectivity index (χ3n) is 22.3. The number of carbonyl (C=O) groups is 8. The van der Waals surface area contributed by atoms with Crippen LogP contribution in [-0.4, -0.2) is 269 Å². The first kappa shape index (κ1) is 98.2. The van der Waals surface area contributed by atoms with Crippen LogP contribution in [0, 0.1) is 12.7 Å². The van der Waals surface area contributed by atoms with Crippen molar-refractivity contribution in [2.24, 2.45) is 0 Å². The van der Waals surface area contributed by atoms with E-state index in [4.69, 9.17) is 71.3 Å². The minimum atomic E-state index is -2.09. The highest BCUT2D eigenvalue weighted by Crippen LogP contribution is 2.49. The first-order chi connectivity index (χ1) is 61.2. The lowest BCUT2D eigenvalue weighted by molar-refractivity contribution is -0.172. The number of carboxylic acid groups (broad SMARTS) is 1. The first-order valence-corrected chi connectivity index (χ1v) is 43.5. The van der Waals surface area contributed by atoms with E-state index in [0.29, 0.717) is 241 Å². The van der Waals surface area contributed by atoms with Crippen molar-refractivity contribution in [3.05, 3.63) is 151 Å². The number of fused-ring (bicyclic) bond motifs is 8. The van der Waals surface area contributed by atoms with E-state index >= 15 is 4.39 Å². The molecule has 0 spiro atoms. The van der Waals surface area contributed by atoms with Gasteiger partial charge in [0.05, 0.1) is 187 Å². The Hall–Kier alpha value is -9.99. The molecule has 688 valence electrons. The topological polar surface area (TPSA) is 417 Å². The van der Waals surface area contributed by atoms with Crippen molar-refractivity contribution in [2.45, 2.75) is 154 Å². The van der Waals surface area contributed by atoms with E-state index < -0.39 is 82.9 Å². The van der Waals surface area contributed by atoms with Crippen molar-refractivity contribution in [1.29, 1.82) is 0 Å². The Labute approximate surface area is 732 Å². The summed E-state index contributed by atoms with van der Waals surface area (Å²) in [5, 5.41) is 39.7. The van der Waals surface area contributed by atoms with Gasteiger partial charge in [0.25, 0.3) is 5.56 Å². The zero-order chi connectivity index (χ0) is 89.6. The number of hydrogen-bond acceptors (Lipinski definition) is 25. The van der Waals surface area contributed by atoms with E-state index in [9.17, 15) is 53.4 Å². The number of nitrogens with zero attached hydrogens (tertiary/aromatic N) is 3. The highest BCUT2D eigenvalue weighted by molar-refractivity contribution is 5.98. The van der Waals surface area contributed by atoms with Gasteiger partial charge in [-0.15, -0.1) is 0 Å². The van der Waals surface area contributed by atoms with E-state index in [1.807, 2.05) is 48.5 Å². The molecule has 4 heterocycles. The Bertz CT molecular complexity index is 4590. The molecule has 2 aromatic heterocycles. The third kappa shape index (κ3) is 28.5. The number of carbonyl (C=O) groups excluding carboxylic acids is 7. The number of pyridine rings is 2. The molecule has 10 rings (SSSR count). The first-order valence-electron chi connectivity index (χ1n) is 43.5. The summed E-state index contributed by atoms with van der Waals surface area (Å²) in [5.41, 5.74) is 5.86. The van der Waals surface area contributed by atoms with Gasteiger partial charge in [0.15, 0.2) is 5.60 Å². The zero-order valence-electron chi connectivity index (χ0n) is 72.8. The van der Waals surface area contributed by atoms with Crippen molar-refractivity contribution >= 4 is 64.3 Å². The smallest absolute Gasteiger partial charge is 0.408 e. The fourth-order valence-electron chi connectivity index (χ4n) is 15.4. The Morgan fingerprint density at radius 1 is 0.603 bits per heavy atom. The minimum absolute atomic E-state index is 0.00506. The van der Waals surface area contributed by atoms with Crippen molar-refractivity contribution in [3.63, 3.8) is 0 Å². The zero-order valence-corrected chi connectivity index (χ0v) is 72.8. The molecule has 4 aromatic carbocycles. The van der Waals surface area contributed by atoms with Crippen LogP contribution in [0.3, 0.4) is 0 Å². The maximum absolute atomic E-state index is 15.7. The Balaban J connectivity index is 0.567. The molecule has 6 aromatic rings. The standard InChI is InChI=1S/C91H122FN9O25/c1-6-91(112)73-54-78-83-70(57-100(78)87(107)72(73)59-125-88(91)108)82-77(27-26-65-60(2)74(92)55-76(98-83)81(65)82)101(90(110)111)56-63-22-24-64(25-23-63)97-85(105)62(4)96-84(104)61(3)95-80(103)21-8-7-14-30-94-86(106)75(99-89(109)126-58-71-68-18-11-9-16-66(68)67-17-10-12-19-69(67)71)20-13-15-29-93-79(102)28-31-114-34-35-116-38-39-118-42-43-120-46-47-122-50-51-124-53-52-123-49-48-121-45-44-119-41-40-117-37-36-115-33-32-113-5/h9-12,16-19,22-25,54-55,61-62,71,75,77,112H,6-8,13-15,20-21,26-53,56-59H2,1-5H3,(H,93,102)(H,94,106)(H,95,103)(H,96,104)(H,97,105)(H,99,109)(H,110,111)/t61-,62-,75-,77-,91-/m0/s1. The number of nitrogens with one attached hydrogen (secondary N) is 6. The van der Waals surface area contributed by atoms with Crippen LogP contribution in [-0.2, 0) is 127 Å². The summed E-state index contributed by atoms with van der Waals surface area (Å²) >= 11 is 0. The molecule has 34 nitrogen and oxygen atoms in total. The average molecular weight is 1760 g/mol. The van der Waals surface area contributed by atoms with E-state index in [1.165, 1.54) is 29.4 Å². The number of amides is 7. The molecule has 0 bridgehead atoms. The number of anilines is 1. The molecule has 2 aliphatic heterocycles. The number of aliphatic hydroxyl groups is 1. The van der Waals surface area contributed by atoms with Crippen LogP contribution in [0.4, 0.5) is 19.7 Å². The second-order valence-corrected chi connectivity index (χ2v) is 30.9. The molecule has 0 saturated carbocycles. The summed E-state index contributed by atoms with van der Waals surface area (Å²) in [6.07, 6.45) is 1.42. The summed E-state index contributed by atoms with van der Waals surface area (Å²) in [6, 6.07) is 21.5. The maximum Gasteiger partial charge on any atom is 0.408 e. The summed E-state index contributed by atoms with van der Waals surface area (Å²) in [4.78, 5) is 127. The Kier molecular flexibility index (Phi) is 40.3. The van der Waals surface area contributed by atoms with Gasteiger partial charge in [0.2, 0.25) is 29.5 Å². The molecule has 35 heteroatoms. The van der Waals surface area contributed by atoms with Crippen molar-refractivity contribution in [2.75, 3.05) is 184 Å². The van der Waals surface area contributed by atoms with Gasteiger partial charge in [0, 0.05) is 73.8 Å². The van der Waals surface area contributed by atoms with Crippen LogP contribution in [0.1, 0.15) is 147 Å². The van der Waals surface area contributed by atoms with E-state index in [2.05, 4.69) is 31.9 Å². The molecular weight excluding hydrogens is 1640 g/mol. The van der Waals surface area contributed by atoms with Gasteiger partial charge in [-0.3, -0.25) is 33.7 Å². The van der Waals surface area contributed by atoms with Gasteiger partial charge in [-0.05, 0) is 135 Å². The number of alkyl carbamates (subject to hydrolysis) is 1. The monoisotopic (exact) mass is 1760 g/mol. The number of esters is 1. The molecule has 0 radical (unpaired) electrons. The Morgan fingerprint density at radius 2 is 1.13 bits per heavy atom. The van der Waals surface area contributed by atoms with Gasteiger partial charge < -0.3 is 113 Å². The number of hydrogen-bond donors (Lipinski definition) is 8. The number of benzene rings is 4. The number of rotatable bonds is 60. The number of ether oxygens (including phenoxy) is 14. The summed E-state index contributed by atoms with van der Waals surface area (Å²) in [7, 11) is 1.63. The normalized spacial score (nSPS) is 15.4. The molecule has 2 aliphatic carbocycles. The van der Waals surface area contributed by atoms with E-state index in [1.54, 1.807) is 51.3 Å². The predicted octanol–water partition coefficient (Wildman–Crippen LogP) is 7.73. The van der Waals surface area contributed by atoms with Gasteiger partial charge in [0.1, 0.15) is 37.2 Å². The van der Waals surface area contributed by atoms with Gasteiger partial charge >= 0.3 is 18.2 Å². The Morgan fingerprint density at radius 3 is 1.69 bits per heavy atom. The molecule has 8 N–H and O–H groups in total. The molecule has 126 heavy (non-hydrogen) atoms. The number of methoxy groups -OCH3 is 1. The molecular formula is C91H122FN9O25. The fraction of sp³-hybridized carbons (Fsp3) is 0.560. The highest BCUT2D eigenvalue weighted by Gasteiger charge is 2.47.